The second-order valence-corrected chi connectivity index (χ2v) is 5.02. The zero-order chi connectivity index (χ0) is 13.7. The van der Waals surface area contributed by atoms with E-state index in [2.05, 4.69) is 4.90 Å². The first kappa shape index (κ1) is 14.0. The molecule has 19 heavy (non-hydrogen) atoms. The predicted molar refractivity (Wildman–Crippen MR) is 74.9 cm³/mol. The Hall–Kier alpha value is -1.46. The average Bonchev–Trinajstić information content (AvgIpc) is 2.69. The molecule has 1 aromatic rings. The van der Waals surface area contributed by atoms with Gasteiger partial charge in [-0.2, -0.15) is 0 Å². The molecule has 0 radical (unpaired) electrons. The summed E-state index contributed by atoms with van der Waals surface area (Å²) in [6, 6.07) is 6.91. The van der Waals surface area contributed by atoms with Crippen molar-refractivity contribution < 1.29 is 4.92 Å². The maximum absolute atomic E-state index is 11.1. The van der Waals surface area contributed by atoms with E-state index in [1.54, 1.807) is 12.1 Å². The number of rotatable bonds is 4. The van der Waals surface area contributed by atoms with Gasteiger partial charge in [0.25, 0.3) is 5.69 Å². The van der Waals surface area contributed by atoms with Crippen molar-refractivity contribution in [3.05, 3.63) is 39.9 Å². The molecule has 104 valence electrons. The lowest BCUT2D eigenvalue weighted by atomic mass is 10.0. The lowest BCUT2D eigenvalue weighted by molar-refractivity contribution is -0.386. The smallest absolute Gasteiger partial charge is 0.274 e. The van der Waals surface area contributed by atoms with E-state index in [4.69, 9.17) is 5.73 Å². The second kappa shape index (κ2) is 6.63. The fourth-order valence-corrected chi connectivity index (χ4v) is 2.82. The Morgan fingerprint density at radius 3 is 2.42 bits per heavy atom. The number of hydrogen-bond acceptors (Lipinski definition) is 4. The van der Waals surface area contributed by atoms with Gasteiger partial charge < -0.3 is 5.73 Å². The maximum Gasteiger partial charge on any atom is 0.274 e. The average molecular weight is 263 g/mol. The third kappa shape index (κ3) is 3.30. The number of nitro groups is 1. The summed E-state index contributed by atoms with van der Waals surface area (Å²) in [5.74, 6) is 0. The Bertz CT molecular complexity index is 428. The highest BCUT2D eigenvalue weighted by Crippen LogP contribution is 2.30. The minimum atomic E-state index is -0.310. The van der Waals surface area contributed by atoms with Crippen LogP contribution in [0.3, 0.4) is 0 Å². The number of nitrogens with two attached hydrogens (primary N) is 1. The van der Waals surface area contributed by atoms with Crippen LogP contribution < -0.4 is 5.73 Å². The summed E-state index contributed by atoms with van der Waals surface area (Å²) in [7, 11) is 0. The molecule has 1 fully saturated rings. The fraction of sp³-hybridized carbons (Fsp3) is 0.571. The van der Waals surface area contributed by atoms with Gasteiger partial charge in [-0.05, 0) is 25.9 Å². The third-order valence-electron chi connectivity index (χ3n) is 3.80. The summed E-state index contributed by atoms with van der Waals surface area (Å²) in [4.78, 5) is 13.1. The monoisotopic (exact) mass is 263 g/mol. The van der Waals surface area contributed by atoms with Crippen LogP contribution in [0.4, 0.5) is 5.69 Å². The number of hydrogen-bond donors (Lipinski definition) is 1. The Morgan fingerprint density at radius 2 is 1.84 bits per heavy atom. The van der Waals surface area contributed by atoms with Crippen LogP contribution in [0, 0.1) is 10.1 Å². The van der Waals surface area contributed by atoms with E-state index < -0.39 is 0 Å². The molecular weight excluding hydrogens is 242 g/mol. The van der Waals surface area contributed by atoms with Gasteiger partial charge in [0.15, 0.2) is 0 Å². The summed E-state index contributed by atoms with van der Waals surface area (Å²) in [6.45, 7) is 2.38. The van der Waals surface area contributed by atoms with Crippen molar-refractivity contribution in [3.8, 4) is 0 Å². The first-order chi connectivity index (χ1) is 9.24. The molecule has 1 aromatic carbocycles. The van der Waals surface area contributed by atoms with E-state index in [9.17, 15) is 10.1 Å². The lowest BCUT2D eigenvalue weighted by Gasteiger charge is -2.29. The van der Waals surface area contributed by atoms with E-state index in [-0.39, 0.29) is 16.7 Å². The van der Waals surface area contributed by atoms with E-state index >= 15 is 0 Å². The van der Waals surface area contributed by atoms with E-state index in [1.165, 1.54) is 12.8 Å². The molecule has 0 saturated carbocycles. The first-order valence-corrected chi connectivity index (χ1v) is 6.91. The van der Waals surface area contributed by atoms with Crippen LogP contribution in [0.2, 0.25) is 0 Å². The molecule has 5 heteroatoms. The topological polar surface area (TPSA) is 72.4 Å². The van der Waals surface area contributed by atoms with Gasteiger partial charge in [-0.1, -0.05) is 31.0 Å². The standard InChI is InChI=1S/C14H21N3O2/c15-11-14(16-9-5-1-2-6-10-16)12-7-3-4-8-13(12)17(18)19/h3-4,7-8,14H,1-2,5-6,9-11,15H2. The first-order valence-electron chi connectivity index (χ1n) is 6.91. The zero-order valence-corrected chi connectivity index (χ0v) is 11.1. The van der Waals surface area contributed by atoms with Crippen LogP contribution in [0.15, 0.2) is 24.3 Å². The van der Waals surface area contributed by atoms with E-state index in [0.717, 1.165) is 31.5 Å². The summed E-state index contributed by atoms with van der Waals surface area (Å²) >= 11 is 0. The van der Waals surface area contributed by atoms with Crippen LogP contribution in [0.1, 0.15) is 37.3 Å². The van der Waals surface area contributed by atoms with Gasteiger partial charge in [-0.25, -0.2) is 0 Å². The van der Waals surface area contributed by atoms with Gasteiger partial charge in [0, 0.05) is 18.2 Å². The lowest BCUT2D eigenvalue weighted by Crippen LogP contribution is -2.34. The zero-order valence-electron chi connectivity index (χ0n) is 11.1. The van der Waals surface area contributed by atoms with Crippen LogP contribution >= 0.6 is 0 Å². The predicted octanol–water partition coefficient (Wildman–Crippen LogP) is 2.47. The van der Waals surface area contributed by atoms with Gasteiger partial charge in [0.2, 0.25) is 0 Å². The Morgan fingerprint density at radius 1 is 1.21 bits per heavy atom. The largest absolute Gasteiger partial charge is 0.329 e. The molecule has 1 aliphatic heterocycles. The van der Waals surface area contributed by atoms with E-state index in [0.29, 0.717) is 6.54 Å². The molecule has 0 bridgehead atoms. The van der Waals surface area contributed by atoms with Gasteiger partial charge in [-0.15, -0.1) is 0 Å². The number of para-hydroxylation sites is 1. The van der Waals surface area contributed by atoms with Crippen LogP contribution in [-0.4, -0.2) is 29.5 Å². The van der Waals surface area contributed by atoms with E-state index in [1.807, 2.05) is 12.1 Å². The van der Waals surface area contributed by atoms with Crippen LogP contribution in [0.5, 0.6) is 0 Å². The normalized spacial score (nSPS) is 18.8. The Kier molecular flexibility index (Phi) is 4.87. The third-order valence-corrected chi connectivity index (χ3v) is 3.80. The van der Waals surface area contributed by atoms with Gasteiger partial charge in [0.1, 0.15) is 0 Å². The second-order valence-electron chi connectivity index (χ2n) is 5.02. The quantitative estimate of drug-likeness (QED) is 0.669. The number of benzene rings is 1. The molecule has 2 N–H and O–H groups in total. The highest BCUT2D eigenvalue weighted by molar-refractivity contribution is 5.42. The Labute approximate surface area is 113 Å². The molecular formula is C14H21N3O2. The van der Waals surface area contributed by atoms with Crippen molar-refractivity contribution in [3.63, 3.8) is 0 Å². The van der Waals surface area contributed by atoms with Crippen LogP contribution in [-0.2, 0) is 0 Å². The van der Waals surface area contributed by atoms with Gasteiger partial charge in [0.05, 0.1) is 11.0 Å². The summed E-state index contributed by atoms with van der Waals surface area (Å²) < 4.78 is 0. The van der Waals surface area contributed by atoms with Crippen molar-refractivity contribution in [2.24, 2.45) is 5.73 Å². The molecule has 1 atom stereocenters. The van der Waals surface area contributed by atoms with Crippen molar-refractivity contribution in [1.82, 2.24) is 4.90 Å². The fourth-order valence-electron chi connectivity index (χ4n) is 2.82. The molecule has 5 nitrogen and oxygen atoms in total. The minimum Gasteiger partial charge on any atom is -0.329 e. The highest BCUT2D eigenvalue weighted by atomic mass is 16.6. The molecule has 0 spiro atoms. The maximum atomic E-state index is 11.1. The summed E-state index contributed by atoms with van der Waals surface area (Å²) in [5, 5.41) is 11.1. The number of nitrogens with zero attached hydrogens (tertiary/aromatic N) is 2. The SMILES string of the molecule is NCC(c1ccccc1[N+](=O)[O-])N1CCCCCC1. The molecule has 1 aliphatic rings. The molecule has 2 rings (SSSR count). The molecule has 0 amide bonds. The number of likely N-dealkylation sites (tertiary alicyclic amines) is 1. The molecule has 0 aromatic heterocycles. The van der Waals surface area contributed by atoms with Gasteiger partial charge in [-0.3, -0.25) is 15.0 Å². The van der Waals surface area contributed by atoms with Crippen LogP contribution in [0.25, 0.3) is 0 Å². The van der Waals surface area contributed by atoms with Crippen molar-refractivity contribution >= 4 is 5.69 Å². The van der Waals surface area contributed by atoms with Crippen molar-refractivity contribution in [2.75, 3.05) is 19.6 Å². The molecule has 1 heterocycles. The molecule has 0 aliphatic carbocycles. The summed E-state index contributed by atoms with van der Waals surface area (Å²) in [6.07, 6.45) is 4.78. The molecule has 1 unspecified atom stereocenters. The minimum absolute atomic E-state index is 0.0419. The van der Waals surface area contributed by atoms with Gasteiger partial charge >= 0.3 is 0 Å². The number of nitro benzene ring substituents is 1. The Balaban J connectivity index is 2.27. The molecule has 1 saturated heterocycles. The van der Waals surface area contributed by atoms with Crippen molar-refractivity contribution in [1.29, 1.82) is 0 Å². The van der Waals surface area contributed by atoms with Crippen molar-refractivity contribution in [2.45, 2.75) is 31.7 Å². The summed E-state index contributed by atoms with van der Waals surface area (Å²) in [5.41, 5.74) is 6.82. The highest BCUT2D eigenvalue weighted by Gasteiger charge is 2.26.